The summed E-state index contributed by atoms with van der Waals surface area (Å²) in [5.74, 6) is 0.639. The van der Waals surface area contributed by atoms with E-state index >= 15 is 0 Å². The predicted molar refractivity (Wildman–Crippen MR) is 88.3 cm³/mol. The Balaban J connectivity index is 1.96. The molecule has 21 heavy (non-hydrogen) atoms. The molecule has 1 N–H and O–H groups in total. The molecule has 0 unspecified atom stereocenters. The molecule has 1 aliphatic rings. The summed E-state index contributed by atoms with van der Waals surface area (Å²) in [6, 6.07) is 3.73. The second-order valence-corrected chi connectivity index (χ2v) is 9.14. The van der Waals surface area contributed by atoms with E-state index in [1.807, 2.05) is 6.07 Å². The molecule has 0 amide bonds. The summed E-state index contributed by atoms with van der Waals surface area (Å²) in [6.45, 7) is 7.58. The van der Waals surface area contributed by atoms with E-state index in [2.05, 4.69) is 19.2 Å². The molecule has 0 aromatic carbocycles. The maximum Gasteiger partial charge on any atom is 0.252 e. The Morgan fingerprint density at radius 3 is 2.67 bits per heavy atom. The summed E-state index contributed by atoms with van der Waals surface area (Å²) in [7, 11) is -3.27. The van der Waals surface area contributed by atoms with Crippen molar-refractivity contribution in [2.75, 3.05) is 26.2 Å². The lowest BCUT2D eigenvalue weighted by Crippen LogP contribution is -2.37. The third-order valence-corrected chi connectivity index (χ3v) is 7.46. The van der Waals surface area contributed by atoms with Gasteiger partial charge in [0.25, 0.3) is 10.0 Å². The highest BCUT2D eigenvalue weighted by Crippen LogP contribution is 2.28. The van der Waals surface area contributed by atoms with E-state index in [-0.39, 0.29) is 0 Å². The van der Waals surface area contributed by atoms with Gasteiger partial charge in [0.1, 0.15) is 4.21 Å². The van der Waals surface area contributed by atoms with E-state index < -0.39 is 10.0 Å². The third-order valence-electron chi connectivity index (χ3n) is 3.95. The number of piperidine rings is 1. The molecule has 0 aliphatic carbocycles. The van der Waals surface area contributed by atoms with Gasteiger partial charge in [-0.15, -0.1) is 11.3 Å². The zero-order chi connectivity index (χ0) is 15.3. The minimum absolute atomic E-state index is 0.502. The highest BCUT2D eigenvalue weighted by Gasteiger charge is 2.29. The fourth-order valence-electron chi connectivity index (χ4n) is 2.50. The topological polar surface area (TPSA) is 49.4 Å². The van der Waals surface area contributed by atoms with Crippen LogP contribution in [0.2, 0.25) is 0 Å². The van der Waals surface area contributed by atoms with Crippen LogP contribution in [-0.2, 0) is 16.4 Å². The van der Waals surface area contributed by atoms with Gasteiger partial charge in [0.2, 0.25) is 0 Å². The van der Waals surface area contributed by atoms with Gasteiger partial charge in [-0.2, -0.15) is 4.31 Å². The van der Waals surface area contributed by atoms with E-state index in [0.29, 0.717) is 23.2 Å². The molecule has 1 aromatic heterocycles. The first-order valence-electron chi connectivity index (χ1n) is 7.83. The van der Waals surface area contributed by atoms with Crippen LogP contribution in [0.25, 0.3) is 0 Å². The van der Waals surface area contributed by atoms with Gasteiger partial charge in [0.15, 0.2) is 0 Å². The normalized spacial score (nSPS) is 18.2. The number of hydrogen-bond donors (Lipinski definition) is 1. The Hall–Kier alpha value is -0.430. The standard InChI is InChI=1S/C15H26N2O2S2/c1-3-9-16-10-6-14-4-5-15(20-14)21(18,19)17-11-7-13(2)8-12-17/h4-5,13,16H,3,6-12H2,1-2H3. The molecule has 0 saturated carbocycles. The van der Waals surface area contributed by atoms with Crippen LogP contribution in [0.3, 0.4) is 0 Å². The fourth-order valence-corrected chi connectivity index (χ4v) is 5.48. The second-order valence-electron chi connectivity index (χ2n) is 5.81. The Morgan fingerprint density at radius 2 is 2.00 bits per heavy atom. The Labute approximate surface area is 132 Å². The van der Waals surface area contributed by atoms with Crippen molar-refractivity contribution in [1.29, 1.82) is 0 Å². The van der Waals surface area contributed by atoms with E-state index in [4.69, 9.17) is 0 Å². The third kappa shape index (κ3) is 4.52. The van der Waals surface area contributed by atoms with Crippen molar-refractivity contribution in [2.24, 2.45) is 5.92 Å². The van der Waals surface area contributed by atoms with Crippen LogP contribution in [0.4, 0.5) is 0 Å². The van der Waals surface area contributed by atoms with Crippen molar-refractivity contribution in [2.45, 2.75) is 43.7 Å². The van der Waals surface area contributed by atoms with Gasteiger partial charge in [-0.3, -0.25) is 0 Å². The largest absolute Gasteiger partial charge is 0.316 e. The van der Waals surface area contributed by atoms with Gasteiger partial charge < -0.3 is 5.32 Å². The van der Waals surface area contributed by atoms with E-state index in [1.165, 1.54) is 11.3 Å². The molecule has 2 heterocycles. The highest BCUT2D eigenvalue weighted by molar-refractivity contribution is 7.91. The van der Waals surface area contributed by atoms with Crippen LogP contribution < -0.4 is 5.32 Å². The molecular weight excluding hydrogens is 304 g/mol. The lowest BCUT2D eigenvalue weighted by Gasteiger charge is -2.28. The number of hydrogen-bond acceptors (Lipinski definition) is 4. The van der Waals surface area contributed by atoms with Gasteiger partial charge >= 0.3 is 0 Å². The molecule has 4 nitrogen and oxygen atoms in total. The fraction of sp³-hybridized carbons (Fsp3) is 0.733. The molecule has 0 spiro atoms. The Morgan fingerprint density at radius 1 is 1.29 bits per heavy atom. The summed E-state index contributed by atoms with van der Waals surface area (Å²) in [4.78, 5) is 1.14. The van der Waals surface area contributed by atoms with Gasteiger partial charge in [0.05, 0.1) is 0 Å². The van der Waals surface area contributed by atoms with Crippen molar-refractivity contribution < 1.29 is 8.42 Å². The smallest absolute Gasteiger partial charge is 0.252 e. The zero-order valence-electron chi connectivity index (χ0n) is 13.0. The summed E-state index contributed by atoms with van der Waals surface area (Å²) in [5, 5.41) is 3.35. The molecule has 0 atom stereocenters. The van der Waals surface area contributed by atoms with Crippen molar-refractivity contribution in [3.05, 3.63) is 17.0 Å². The van der Waals surface area contributed by atoms with E-state index in [9.17, 15) is 8.42 Å². The molecule has 0 bridgehead atoms. The van der Waals surface area contributed by atoms with Crippen LogP contribution in [-0.4, -0.2) is 38.9 Å². The minimum atomic E-state index is -3.27. The minimum Gasteiger partial charge on any atom is -0.316 e. The van der Waals surface area contributed by atoms with Gasteiger partial charge in [-0.05, 0) is 56.8 Å². The summed E-state index contributed by atoms with van der Waals surface area (Å²) < 4.78 is 27.4. The van der Waals surface area contributed by atoms with Crippen LogP contribution in [0.5, 0.6) is 0 Å². The van der Waals surface area contributed by atoms with Crippen molar-refractivity contribution in [3.8, 4) is 0 Å². The lowest BCUT2D eigenvalue weighted by atomic mass is 10.0. The number of nitrogens with one attached hydrogen (secondary N) is 1. The molecule has 1 fully saturated rings. The average molecular weight is 331 g/mol. The number of rotatable bonds is 7. The zero-order valence-corrected chi connectivity index (χ0v) is 14.6. The molecule has 6 heteroatoms. The molecule has 1 aliphatic heterocycles. The molecular formula is C15H26N2O2S2. The van der Waals surface area contributed by atoms with Crippen LogP contribution in [0.15, 0.2) is 16.3 Å². The van der Waals surface area contributed by atoms with E-state index in [0.717, 1.165) is 43.6 Å². The van der Waals surface area contributed by atoms with Gasteiger partial charge in [-0.25, -0.2) is 8.42 Å². The van der Waals surface area contributed by atoms with Crippen molar-refractivity contribution in [1.82, 2.24) is 9.62 Å². The maximum absolute atomic E-state index is 12.6. The SMILES string of the molecule is CCCNCCc1ccc(S(=O)(=O)N2CCC(C)CC2)s1. The first-order chi connectivity index (χ1) is 10.0. The van der Waals surface area contributed by atoms with Crippen LogP contribution in [0.1, 0.15) is 38.0 Å². The quantitative estimate of drug-likeness (QED) is 0.782. The van der Waals surface area contributed by atoms with Crippen LogP contribution >= 0.6 is 11.3 Å². The molecule has 120 valence electrons. The second kappa shape index (κ2) is 7.72. The number of sulfonamides is 1. The average Bonchev–Trinajstić information content (AvgIpc) is 2.94. The first-order valence-corrected chi connectivity index (χ1v) is 10.1. The van der Waals surface area contributed by atoms with Crippen molar-refractivity contribution in [3.63, 3.8) is 0 Å². The van der Waals surface area contributed by atoms with E-state index in [1.54, 1.807) is 10.4 Å². The van der Waals surface area contributed by atoms with Crippen LogP contribution in [0, 0.1) is 5.92 Å². The summed E-state index contributed by atoms with van der Waals surface area (Å²) in [6.07, 6.45) is 3.96. The summed E-state index contributed by atoms with van der Waals surface area (Å²) >= 11 is 1.42. The van der Waals surface area contributed by atoms with Gasteiger partial charge in [-0.1, -0.05) is 13.8 Å². The molecule has 0 radical (unpaired) electrons. The number of nitrogens with zero attached hydrogens (tertiary/aromatic N) is 1. The van der Waals surface area contributed by atoms with Gasteiger partial charge in [0, 0.05) is 18.0 Å². The molecule has 2 rings (SSSR count). The Kier molecular flexibility index (Phi) is 6.22. The lowest BCUT2D eigenvalue weighted by molar-refractivity contribution is 0.288. The predicted octanol–water partition coefficient (Wildman–Crippen LogP) is 2.71. The molecule has 1 aromatic rings. The Bertz CT molecular complexity index is 532. The first kappa shape index (κ1) is 16.9. The maximum atomic E-state index is 12.6. The monoisotopic (exact) mass is 330 g/mol. The highest BCUT2D eigenvalue weighted by atomic mass is 32.2. The van der Waals surface area contributed by atoms with Crippen molar-refractivity contribution >= 4 is 21.4 Å². The molecule has 1 saturated heterocycles. The summed E-state index contributed by atoms with van der Waals surface area (Å²) in [5.41, 5.74) is 0. The number of thiophene rings is 1.